The normalized spacial score (nSPS) is 10.5. The van der Waals surface area contributed by atoms with Gasteiger partial charge in [0.25, 0.3) is 0 Å². The van der Waals surface area contributed by atoms with E-state index in [1.807, 2.05) is 26.2 Å². The third-order valence-electron chi connectivity index (χ3n) is 3.30. The fourth-order valence-electron chi connectivity index (χ4n) is 2.24. The summed E-state index contributed by atoms with van der Waals surface area (Å²) in [7, 11) is 5.46. The number of benzene rings is 1. The minimum absolute atomic E-state index is 0.369. The summed E-state index contributed by atoms with van der Waals surface area (Å²) in [6, 6.07) is 9.90. The van der Waals surface area contributed by atoms with E-state index in [1.165, 1.54) is 18.2 Å². The highest BCUT2D eigenvalue weighted by molar-refractivity contribution is 5.95. The number of ether oxygens (including phenoxy) is 1. The summed E-state index contributed by atoms with van der Waals surface area (Å²) in [6.45, 7) is 1.49. The molecule has 0 amide bonds. The standard InChI is InChI=1S/C17H21N3O2/c1-20(2)12-14-7-5-4-6-13(14)10-19-16-11-18-9-8-15(16)17(21)22-3/h4-9,11,19H,10,12H2,1-3H3. The lowest BCUT2D eigenvalue weighted by atomic mass is 10.1. The fourth-order valence-corrected chi connectivity index (χ4v) is 2.24. The van der Waals surface area contributed by atoms with Crippen molar-refractivity contribution < 1.29 is 9.53 Å². The van der Waals surface area contributed by atoms with Gasteiger partial charge in [0.1, 0.15) is 0 Å². The third-order valence-corrected chi connectivity index (χ3v) is 3.30. The number of anilines is 1. The molecule has 22 heavy (non-hydrogen) atoms. The molecule has 0 unspecified atom stereocenters. The molecular weight excluding hydrogens is 278 g/mol. The maximum atomic E-state index is 11.8. The van der Waals surface area contributed by atoms with Gasteiger partial charge in [0.2, 0.25) is 0 Å². The van der Waals surface area contributed by atoms with Crippen LogP contribution in [0, 0.1) is 0 Å². The smallest absolute Gasteiger partial charge is 0.340 e. The molecule has 1 aromatic carbocycles. The number of nitrogens with zero attached hydrogens (tertiary/aromatic N) is 2. The van der Waals surface area contributed by atoms with Gasteiger partial charge in [-0.2, -0.15) is 0 Å². The number of carbonyl (C=O) groups is 1. The molecule has 1 heterocycles. The van der Waals surface area contributed by atoms with E-state index in [1.54, 1.807) is 18.5 Å². The van der Waals surface area contributed by atoms with Crippen LogP contribution in [0.3, 0.4) is 0 Å². The first kappa shape index (κ1) is 16.0. The van der Waals surface area contributed by atoms with Crippen LogP contribution in [0.5, 0.6) is 0 Å². The first-order valence-corrected chi connectivity index (χ1v) is 7.09. The van der Waals surface area contributed by atoms with E-state index in [-0.39, 0.29) is 5.97 Å². The zero-order valence-electron chi connectivity index (χ0n) is 13.2. The van der Waals surface area contributed by atoms with E-state index in [4.69, 9.17) is 4.74 Å². The molecule has 2 rings (SSSR count). The van der Waals surface area contributed by atoms with Crippen LogP contribution in [0.4, 0.5) is 5.69 Å². The van der Waals surface area contributed by atoms with Gasteiger partial charge in [-0.1, -0.05) is 24.3 Å². The maximum Gasteiger partial charge on any atom is 0.340 e. The van der Waals surface area contributed by atoms with Gasteiger partial charge in [-0.05, 0) is 31.3 Å². The Labute approximate surface area is 130 Å². The summed E-state index contributed by atoms with van der Waals surface area (Å²) in [6.07, 6.45) is 3.22. The van der Waals surface area contributed by atoms with Gasteiger partial charge < -0.3 is 15.0 Å². The van der Waals surface area contributed by atoms with Crippen molar-refractivity contribution in [3.63, 3.8) is 0 Å². The van der Waals surface area contributed by atoms with Crippen molar-refractivity contribution in [2.24, 2.45) is 0 Å². The van der Waals surface area contributed by atoms with Crippen molar-refractivity contribution in [2.75, 3.05) is 26.5 Å². The summed E-state index contributed by atoms with van der Waals surface area (Å²) >= 11 is 0. The lowest BCUT2D eigenvalue weighted by Gasteiger charge is -2.16. The van der Waals surface area contributed by atoms with Crippen LogP contribution in [-0.4, -0.2) is 37.1 Å². The van der Waals surface area contributed by atoms with Crippen LogP contribution in [-0.2, 0) is 17.8 Å². The number of esters is 1. The summed E-state index contributed by atoms with van der Waals surface area (Å²) in [5.41, 5.74) is 3.61. The fraction of sp³-hybridized carbons (Fsp3) is 0.294. The maximum absolute atomic E-state index is 11.8. The minimum Gasteiger partial charge on any atom is -0.465 e. The van der Waals surface area contributed by atoms with Gasteiger partial charge >= 0.3 is 5.97 Å². The number of aromatic nitrogens is 1. The minimum atomic E-state index is -0.369. The average Bonchev–Trinajstić information content (AvgIpc) is 2.53. The molecule has 0 aliphatic rings. The highest BCUT2D eigenvalue weighted by Crippen LogP contribution is 2.17. The number of rotatable bonds is 6. The Hall–Kier alpha value is -2.40. The van der Waals surface area contributed by atoms with E-state index in [2.05, 4.69) is 27.3 Å². The number of hydrogen-bond acceptors (Lipinski definition) is 5. The van der Waals surface area contributed by atoms with Crippen LogP contribution >= 0.6 is 0 Å². The number of carbonyl (C=O) groups excluding carboxylic acids is 1. The van der Waals surface area contributed by atoms with E-state index < -0.39 is 0 Å². The number of methoxy groups -OCH3 is 1. The molecule has 5 nitrogen and oxygen atoms in total. The molecule has 0 fully saturated rings. The van der Waals surface area contributed by atoms with E-state index in [0.717, 1.165) is 6.54 Å². The molecule has 0 aliphatic carbocycles. The van der Waals surface area contributed by atoms with Crippen molar-refractivity contribution in [3.8, 4) is 0 Å². The second-order valence-corrected chi connectivity index (χ2v) is 5.27. The van der Waals surface area contributed by atoms with Gasteiger partial charge in [0, 0.05) is 19.3 Å². The molecule has 0 saturated carbocycles. The van der Waals surface area contributed by atoms with Crippen LogP contribution in [0.15, 0.2) is 42.7 Å². The Kier molecular flexibility index (Phi) is 5.49. The molecular formula is C17H21N3O2. The molecule has 0 saturated heterocycles. The Morgan fingerprint density at radius 2 is 1.95 bits per heavy atom. The molecule has 2 aromatic rings. The van der Waals surface area contributed by atoms with E-state index in [0.29, 0.717) is 17.8 Å². The topological polar surface area (TPSA) is 54.5 Å². The van der Waals surface area contributed by atoms with Crippen molar-refractivity contribution in [1.82, 2.24) is 9.88 Å². The Balaban J connectivity index is 2.16. The summed E-state index contributed by atoms with van der Waals surface area (Å²) in [4.78, 5) is 18.0. The quantitative estimate of drug-likeness (QED) is 0.831. The van der Waals surface area contributed by atoms with Gasteiger partial charge in [0.05, 0.1) is 24.6 Å². The van der Waals surface area contributed by atoms with E-state index in [9.17, 15) is 4.79 Å². The highest BCUT2D eigenvalue weighted by atomic mass is 16.5. The average molecular weight is 299 g/mol. The Morgan fingerprint density at radius 3 is 2.64 bits per heavy atom. The Morgan fingerprint density at radius 1 is 1.23 bits per heavy atom. The first-order valence-electron chi connectivity index (χ1n) is 7.09. The van der Waals surface area contributed by atoms with Crippen molar-refractivity contribution in [2.45, 2.75) is 13.1 Å². The highest BCUT2D eigenvalue weighted by Gasteiger charge is 2.11. The van der Waals surface area contributed by atoms with Gasteiger partial charge in [-0.3, -0.25) is 4.98 Å². The SMILES string of the molecule is COC(=O)c1ccncc1NCc1ccccc1CN(C)C. The van der Waals surface area contributed by atoms with Crippen molar-refractivity contribution in [1.29, 1.82) is 0 Å². The van der Waals surface area contributed by atoms with Crippen molar-refractivity contribution >= 4 is 11.7 Å². The van der Waals surface area contributed by atoms with Crippen LogP contribution in [0.2, 0.25) is 0 Å². The van der Waals surface area contributed by atoms with Crippen LogP contribution in [0.1, 0.15) is 21.5 Å². The second kappa shape index (κ2) is 7.56. The predicted molar refractivity (Wildman–Crippen MR) is 86.7 cm³/mol. The zero-order valence-corrected chi connectivity index (χ0v) is 13.2. The molecule has 1 N–H and O–H groups in total. The van der Waals surface area contributed by atoms with Crippen LogP contribution in [0.25, 0.3) is 0 Å². The van der Waals surface area contributed by atoms with Crippen LogP contribution < -0.4 is 5.32 Å². The van der Waals surface area contributed by atoms with E-state index >= 15 is 0 Å². The van der Waals surface area contributed by atoms with Crippen molar-refractivity contribution in [3.05, 3.63) is 59.4 Å². The summed E-state index contributed by atoms with van der Waals surface area (Å²) in [5, 5.41) is 3.28. The molecule has 5 heteroatoms. The number of nitrogens with one attached hydrogen (secondary N) is 1. The first-order chi connectivity index (χ1) is 10.6. The molecule has 0 atom stereocenters. The molecule has 0 bridgehead atoms. The molecule has 116 valence electrons. The van der Waals surface area contributed by atoms with Gasteiger partial charge in [-0.25, -0.2) is 4.79 Å². The largest absolute Gasteiger partial charge is 0.465 e. The molecule has 1 aromatic heterocycles. The molecule has 0 aliphatic heterocycles. The third kappa shape index (κ3) is 4.05. The van der Waals surface area contributed by atoms with Gasteiger partial charge in [-0.15, -0.1) is 0 Å². The predicted octanol–water partition coefficient (Wildman–Crippen LogP) is 2.54. The zero-order chi connectivity index (χ0) is 15.9. The summed E-state index contributed by atoms with van der Waals surface area (Å²) < 4.78 is 4.79. The Bertz CT molecular complexity index is 641. The number of pyridine rings is 1. The number of hydrogen-bond donors (Lipinski definition) is 1. The second-order valence-electron chi connectivity index (χ2n) is 5.27. The molecule has 0 spiro atoms. The molecule has 0 radical (unpaired) electrons. The lowest BCUT2D eigenvalue weighted by Crippen LogP contribution is -2.14. The summed E-state index contributed by atoms with van der Waals surface area (Å²) in [5.74, 6) is -0.369. The van der Waals surface area contributed by atoms with Gasteiger partial charge in [0.15, 0.2) is 0 Å². The monoisotopic (exact) mass is 299 g/mol. The lowest BCUT2D eigenvalue weighted by molar-refractivity contribution is 0.0601.